The highest BCUT2D eigenvalue weighted by atomic mass is 16.6. The van der Waals surface area contributed by atoms with Gasteiger partial charge in [0, 0.05) is 24.2 Å². The fourth-order valence-corrected chi connectivity index (χ4v) is 1.31. The van der Waals surface area contributed by atoms with E-state index < -0.39 is 4.92 Å². The zero-order chi connectivity index (χ0) is 11.5. The number of aryl methyl sites for hydroxylation is 1. The molecule has 2 heterocycles. The molecular weight excluding hydrogens is 208 g/mol. The van der Waals surface area contributed by atoms with E-state index in [9.17, 15) is 10.1 Å². The van der Waals surface area contributed by atoms with Crippen molar-refractivity contribution < 1.29 is 4.92 Å². The summed E-state index contributed by atoms with van der Waals surface area (Å²) in [7, 11) is 0. The van der Waals surface area contributed by atoms with Crippen LogP contribution in [-0.4, -0.2) is 14.6 Å². The summed E-state index contributed by atoms with van der Waals surface area (Å²) < 4.78 is 1.61. The fraction of sp³-hybridized carbons (Fsp3) is 0.100. The molecule has 2 aromatic rings. The van der Waals surface area contributed by atoms with Gasteiger partial charge in [-0.1, -0.05) is 0 Å². The van der Waals surface area contributed by atoms with Gasteiger partial charge in [0.2, 0.25) is 5.82 Å². The lowest BCUT2D eigenvalue weighted by Gasteiger charge is -2.07. The Hall–Kier alpha value is -2.37. The van der Waals surface area contributed by atoms with Gasteiger partial charge < -0.3 is 0 Å². The Balaban J connectivity index is 2.38. The highest BCUT2D eigenvalue weighted by Gasteiger charge is 2.14. The summed E-state index contributed by atoms with van der Waals surface area (Å²) in [5.74, 6) is 0.237. The van der Waals surface area contributed by atoms with E-state index >= 15 is 0 Å². The van der Waals surface area contributed by atoms with Crippen LogP contribution in [0, 0.1) is 17.0 Å². The normalized spacial score (nSPS) is 10.1. The molecule has 2 aromatic heterocycles. The summed E-state index contributed by atoms with van der Waals surface area (Å²) >= 11 is 0. The molecule has 82 valence electrons. The number of rotatable bonds is 3. The Bertz CT molecular complexity index is 508. The van der Waals surface area contributed by atoms with Crippen LogP contribution in [0.3, 0.4) is 0 Å². The van der Waals surface area contributed by atoms with Crippen LogP contribution in [-0.2, 0) is 0 Å². The van der Waals surface area contributed by atoms with Gasteiger partial charge in [-0.15, -0.1) is 0 Å². The van der Waals surface area contributed by atoms with Crippen molar-refractivity contribution in [2.75, 3.05) is 5.43 Å². The number of hydrogen-bond donors (Lipinski definition) is 1. The molecule has 6 heteroatoms. The molecule has 0 atom stereocenters. The first-order valence-electron chi connectivity index (χ1n) is 4.69. The van der Waals surface area contributed by atoms with Gasteiger partial charge in [-0.2, -0.15) is 0 Å². The number of anilines is 1. The molecule has 0 saturated heterocycles. The van der Waals surface area contributed by atoms with Gasteiger partial charge in [0.1, 0.15) is 0 Å². The third-order valence-electron chi connectivity index (χ3n) is 2.05. The monoisotopic (exact) mass is 218 g/mol. The predicted octanol–water partition coefficient (Wildman–Crippen LogP) is 1.97. The number of nitrogens with one attached hydrogen (secondary N) is 1. The number of nitrogens with zero attached hydrogens (tertiary/aromatic N) is 3. The predicted molar refractivity (Wildman–Crippen MR) is 59.1 cm³/mol. The largest absolute Gasteiger partial charge is 0.313 e. The average molecular weight is 218 g/mol. The Morgan fingerprint density at radius 2 is 2.06 bits per heavy atom. The van der Waals surface area contributed by atoms with Gasteiger partial charge in [-0.05, 0) is 25.1 Å². The van der Waals surface area contributed by atoms with Crippen LogP contribution in [0.25, 0.3) is 0 Å². The summed E-state index contributed by atoms with van der Waals surface area (Å²) in [6.07, 6.45) is 3.49. The van der Waals surface area contributed by atoms with Gasteiger partial charge in [-0.25, -0.2) is 4.98 Å². The first-order valence-corrected chi connectivity index (χ1v) is 4.69. The van der Waals surface area contributed by atoms with Gasteiger partial charge in [0.25, 0.3) is 0 Å². The fourth-order valence-electron chi connectivity index (χ4n) is 1.31. The van der Waals surface area contributed by atoms with Gasteiger partial charge in [0.15, 0.2) is 0 Å². The standard InChI is InChI=1S/C10H10N4O2/c1-8-4-5-9(14(15)16)10(11-8)12-13-6-2-3-7-13/h2-7H,1H3,(H,11,12). The summed E-state index contributed by atoms with van der Waals surface area (Å²) in [4.78, 5) is 14.4. The van der Waals surface area contributed by atoms with Gasteiger partial charge >= 0.3 is 5.69 Å². The quantitative estimate of drug-likeness (QED) is 0.631. The van der Waals surface area contributed by atoms with E-state index in [1.54, 1.807) is 30.1 Å². The maximum atomic E-state index is 10.8. The molecule has 0 aliphatic heterocycles. The second-order valence-corrected chi connectivity index (χ2v) is 3.28. The first-order chi connectivity index (χ1) is 7.66. The third-order valence-corrected chi connectivity index (χ3v) is 2.05. The Morgan fingerprint density at radius 1 is 1.38 bits per heavy atom. The molecule has 0 spiro atoms. The smallest absolute Gasteiger partial charge is 0.272 e. The number of hydrogen-bond acceptors (Lipinski definition) is 4. The van der Waals surface area contributed by atoms with Crippen molar-refractivity contribution in [3.63, 3.8) is 0 Å². The summed E-state index contributed by atoms with van der Waals surface area (Å²) in [6, 6.07) is 6.68. The Morgan fingerprint density at radius 3 is 2.69 bits per heavy atom. The lowest BCUT2D eigenvalue weighted by Crippen LogP contribution is -2.10. The molecular formula is C10H10N4O2. The molecule has 0 aliphatic rings. The highest BCUT2D eigenvalue weighted by Crippen LogP contribution is 2.21. The second-order valence-electron chi connectivity index (χ2n) is 3.28. The topological polar surface area (TPSA) is 73.0 Å². The summed E-state index contributed by atoms with van der Waals surface area (Å²) in [6.45, 7) is 1.78. The van der Waals surface area contributed by atoms with Crippen LogP contribution in [0.2, 0.25) is 0 Å². The van der Waals surface area contributed by atoms with Crippen molar-refractivity contribution in [3.8, 4) is 0 Å². The van der Waals surface area contributed by atoms with Crippen LogP contribution in [0.5, 0.6) is 0 Å². The van der Waals surface area contributed by atoms with E-state index in [2.05, 4.69) is 10.4 Å². The van der Waals surface area contributed by atoms with E-state index in [-0.39, 0.29) is 11.5 Å². The van der Waals surface area contributed by atoms with Crippen LogP contribution < -0.4 is 5.43 Å². The minimum Gasteiger partial charge on any atom is -0.272 e. The molecule has 0 radical (unpaired) electrons. The molecule has 0 saturated carbocycles. The number of aromatic nitrogens is 2. The molecule has 2 rings (SSSR count). The van der Waals surface area contributed by atoms with Crippen LogP contribution in [0.4, 0.5) is 11.5 Å². The second kappa shape index (κ2) is 4.01. The number of nitro groups is 1. The van der Waals surface area contributed by atoms with E-state index in [1.807, 2.05) is 12.1 Å². The van der Waals surface area contributed by atoms with Crippen molar-refractivity contribution in [1.29, 1.82) is 0 Å². The zero-order valence-corrected chi connectivity index (χ0v) is 8.62. The van der Waals surface area contributed by atoms with Gasteiger partial charge in [-0.3, -0.25) is 20.2 Å². The molecule has 0 fully saturated rings. The average Bonchev–Trinajstić information content (AvgIpc) is 2.70. The SMILES string of the molecule is Cc1ccc([N+](=O)[O-])c(Nn2cccc2)n1. The van der Waals surface area contributed by atoms with E-state index in [0.717, 1.165) is 5.69 Å². The van der Waals surface area contributed by atoms with Crippen molar-refractivity contribution in [2.24, 2.45) is 0 Å². The molecule has 16 heavy (non-hydrogen) atoms. The van der Waals surface area contributed by atoms with Crippen molar-refractivity contribution in [1.82, 2.24) is 9.66 Å². The lowest BCUT2D eigenvalue weighted by molar-refractivity contribution is -0.384. The number of pyridine rings is 1. The summed E-state index contributed by atoms with van der Waals surface area (Å²) in [5.41, 5.74) is 3.52. The Kier molecular flexibility index (Phi) is 2.55. The first kappa shape index (κ1) is 10.2. The molecule has 6 nitrogen and oxygen atoms in total. The van der Waals surface area contributed by atoms with Crippen molar-refractivity contribution in [2.45, 2.75) is 6.92 Å². The zero-order valence-electron chi connectivity index (χ0n) is 8.62. The molecule has 1 N–H and O–H groups in total. The van der Waals surface area contributed by atoms with Crippen LogP contribution >= 0.6 is 0 Å². The van der Waals surface area contributed by atoms with Gasteiger partial charge in [0.05, 0.1) is 4.92 Å². The molecule has 0 bridgehead atoms. The van der Waals surface area contributed by atoms with E-state index in [0.29, 0.717) is 0 Å². The molecule has 0 amide bonds. The maximum Gasteiger partial charge on any atom is 0.313 e. The van der Waals surface area contributed by atoms with E-state index in [1.165, 1.54) is 6.07 Å². The molecule has 0 aliphatic carbocycles. The van der Waals surface area contributed by atoms with Crippen LogP contribution in [0.1, 0.15) is 5.69 Å². The third kappa shape index (κ3) is 2.00. The maximum absolute atomic E-state index is 10.8. The van der Waals surface area contributed by atoms with Crippen molar-refractivity contribution >= 4 is 11.5 Å². The van der Waals surface area contributed by atoms with E-state index in [4.69, 9.17) is 0 Å². The minimum atomic E-state index is -0.460. The van der Waals surface area contributed by atoms with Crippen molar-refractivity contribution in [3.05, 3.63) is 52.5 Å². The highest BCUT2D eigenvalue weighted by molar-refractivity contribution is 5.55. The minimum absolute atomic E-state index is 0.0423. The molecule has 0 aromatic carbocycles. The summed E-state index contributed by atoms with van der Waals surface area (Å²) in [5, 5.41) is 10.8. The Labute approximate surface area is 91.7 Å². The molecule has 0 unspecified atom stereocenters. The lowest BCUT2D eigenvalue weighted by atomic mass is 10.3. The van der Waals surface area contributed by atoms with Crippen LogP contribution in [0.15, 0.2) is 36.7 Å².